The molecule has 0 bridgehead atoms. The minimum atomic E-state index is -0.692. The monoisotopic (exact) mass is 793 g/mol. The number of nitrogens with zero attached hydrogens (tertiary/aromatic N) is 4. The van der Waals surface area contributed by atoms with Gasteiger partial charge in [0.1, 0.15) is 24.9 Å². The summed E-state index contributed by atoms with van der Waals surface area (Å²) in [5.74, 6) is 2.36. The topological polar surface area (TPSA) is 54.1 Å². The molecule has 0 aliphatic carbocycles. The van der Waals surface area contributed by atoms with Crippen molar-refractivity contribution in [3.63, 3.8) is 0 Å². The molecule has 232 valence electrons. The molecule has 4 aromatic carbocycles. The van der Waals surface area contributed by atoms with Crippen LogP contribution in [-0.4, -0.2) is 26.4 Å². The van der Waals surface area contributed by atoms with Gasteiger partial charge in [0.2, 0.25) is 0 Å². The number of alkyl halides is 2. The van der Waals surface area contributed by atoms with Gasteiger partial charge in [-0.1, -0.05) is 29.8 Å². The van der Waals surface area contributed by atoms with E-state index in [-0.39, 0.29) is 21.1 Å². The fourth-order valence-corrected chi connectivity index (χ4v) is 5.92. The summed E-state index contributed by atoms with van der Waals surface area (Å²) >= 11 is 0. The second kappa shape index (κ2) is 12.9. The Morgan fingerprint density at radius 1 is 0.826 bits per heavy atom. The number of fused-ring (bicyclic) bond motifs is 3. The molecular formula is C37H28F2N4O2Pt. The van der Waals surface area contributed by atoms with E-state index in [1.807, 2.05) is 79.1 Å². The molecule has 0 unspecified atom stereocenters. The molecule has 0 spiro atoms. The number of halogens is 2. The molecule has 0 atom stereocenters. The Hall–Kier alpha value is -4.81. The number of para-hydroxylation sites is 1. The Balaban J connectivity index is 0.00000372. The van der Waals surface area contributed by atoms with Gasteiger partial charge in [0, 0.05) is 41.0 Å². The first kappa shape index (κ1) is 31.2. The van der Waals surface area contributed by atoms with E-state index in [9.17, 15) is 8.78 Å². The first-order valence-electron chi connectivity index (χ1n) is 14.4. The van der Waals surface area contributed by atoms with Crippen LogP contribution in [0.25, 0.3) is 44.4 Å². The van der Waals surface area contributed by atoms with Crippen LogP contribution in [0.2, 0.25) is 0 Å². The van der Waals surface area contributed by atoms with Crippen molar-refractivity contribution in [3.05, 3.63) is 126 Å². The van der Waals surface area contributed by atoms with Crippen LogP contribution in [-0.2, 0) is 34.4 Å². The van der Waals surface area contributed by atoms with Crippen molar-refractivity contribution in [2.45, 2.75) is 27.2 Å². The van der Waals surface area contributed by atoms with Crippen molar-refractivity contribution in [2.75, 3.05) is 7.11 Å². The zero-order valence-corrected chi connectivity index (χ0v) is 27.5. The minimum absolute atomic E-state index is 0. The molecule has 0 aliphatic rings. The van der Waals surface area contributed by atoms with Crippen molar-refractivity contribution in [1.82, 2.24) is 19.3 Å². The maximum absolute atomic E-state index is 14.1. The maximum Gasteiger partial charge on any atom is 2.00 e. The van der Waals surface area contributed by atoms with E-state index in [2.05, 4.69) is 28.3 Å². The van der Waals surface area contributed by atoms with Crippen LogP contribution in [0.1, 0.15) is 22.3 Å². The zero-order chi connectivity index (χ0) is 31.1. The van der Waals surface area contributed by atoms with Crippen LogP contribution < -0.4 is 9.47 Å². The Labute approximate surface area is 279 Å². The molecule has 7 rings (SSSR count). The minimum Gasteiger partial charge on any atom is -0.509 e. The molecule has 6 nitrogen and oxygen atoms in total. The van der Waals surface area contributed by atoms with Crippen molar-refractivity contribution < 1.29 is 39.3 Å². The standard InChI is InChI=1S/C37H28F2N4O2.Pt/c1-23-15-24(2)33(20-39)37(32(23)19-38)25-21-41-42(22-25)26-7-6-8-28(16-26)45-29-11-12-31-30-9-4-5-10-34(30)43(35(31)17-29)36-18-27(44-3)13-14-40-36;/h4-15,18,21-22H,19-20H2,1-3H3;/q-2;+2. The van der Waals surface area contributed by atoms with E-state index in [4.69, 9.17) is 9.47 Å². The van der Waals surface area contributed by atoms with Crippen molar-refractivity contribution in [1.29, 1.82) is 0 Å². The Morgan fingerprint density at radius 3 is 2.35 bits per heavy atom. The summed E-state index contributed by atoms with van der Waals surface area (Å²) in [7, 11) is 1.63. The van der Waals surface area contributed by atoms with E-state index < -0.39 is 13.3 Å². The van der Waals surface area contributed by atoms with Gasteiger partial charge in [0.05, 0.1) is 13.3 Å². The van der Waals surface area contributed by atoms with E-state index >= 15 is 0 Å². The van der Waals surface area contributed by atoms with Crippen LogP contribution in [0, 0.1) is 26.0 Å². The summed E-state index contributed by atoms with van der Waals surface area (Å²) in [6.07, 6.45) is 5.11. The fourth-order valence-electron chi connectivity index (χ4n) is 5.92. The molecule has 0 radical (unpaired) electrons. The number of methoxy groups -OCH3 is 1. The number of hydrogen-bond acceptors (Lipinski definition) is 4. The number of pyridine rings is 1. The zero-order valence-electron chi connectivity index (χ0n) is 25.3. The first-order valence-corrected chi connectivity index (χ1v) is 14.4. The Kier molecular flexibility index (Phi) is 8.74. The third-order valence-corrected chi connectivity index (χ3v) is 8.09. The number of rotatable bonds is 8. The molecule has 46 heavy (non-hydrogen) atoms. The number of ether oxygens (including phenoxy) is 2. The van der Waals surface area contributed by atoms with Gasteiger partial charge in [-0.15, -0.1) is 35.7 Å². The van der Waals surface area contributed by atoms with Crippen LogP contribution in [0.15, 0.2) is 91.4 Å². The summed E-state index contributed by atoms with van der Waals surface area (Å²) in [5, 5.41) is 6.58. The predicted molar refractivity (Wildman–Crippen MR) is 171 cm³/mol. The molecule has 0 aliphatic heterocycles. The summed E-state index contributed by atoms with van der Waals surface area (Å²) in [6.45, 7) is 2.30. The molecular weight excluding hydrogens is 766 g/mol. The summed E-state index contributed by atoms with van der Waals surface area (Å²) in [5.41, 5.74) is 6.12. The second-order valence-corrected chi connectivity index (χ2v) is 10.8. The Bertz CT molecular complexity index is 2180. The molecule has 0 saturated carbocycles. The molecule has 0 N–H and O–H groups in total. The van der Waals surface area contributed by atoms with Crippen LogP contribution >= 0.6 is 0 Å². The van der Waals surface area contributed by atoms with Gasteiger partial charge in [-0.25, -0.2) is 13.8 Å². The molecule has 9 heteroatoms. The van der Waals surface area contributed by atoms with Crippen LogP contribution in [0.3, 0.4) is 0 Å². The number of aryl methyl sites for hydroxylation is 2. The largest absolute Gasteiger partial charge is 2.00 e. The van der Waals surface area contributed by atoms with E-state index in [0.717, 1.165) is 32.9 Å². The molecule has 7 aromatic rings. The van der Waals surface area contributed by atoms with Crippen LogP contribution in [0.4, 0.5) is 8.78 Å². The van der Waals surface area contributed by atoms with Crippen molar-refractivity contribution in [3.8, 4) is 39.9 Å². The number of aromatic nitrogens is 4. The second-order valence-electron chi connectivity index (χ2n) is 10.8. The van der Waals surface area contributed by atoms with Gasteiger partial charge in [-0.05, 0) is 64.9 Å². The van der Waals surface area contributed by atoms with Crippen molar-refractivity contribution in [2.24, 2.45) is 0 Å². The summed E-state index contributed by atoms with van der Waals surface area (Å²) in [4.78, 5) is 4.61. The molecule has 0 saturated heterocycles. The van der Waals surface area contributed by atoms with Gasteiger partial charge >= 0.3 is 21.1 Å². The van der Waals surface area contributed by atoms with Gasteiger partial charge in [-0.2, -0.15) is 17.2 Å². The third-order valence-electron chi connectivity index (χ3n) is 8.09. The van der Waals surface area contributed by atoms with E-state index in [1.54, 1.807) is 36.4 Å². The quantitative estimate of drug-likeness (QED) is 0.144. The average Bonchev–Trinajstić information content (AvgIpc) is 3.68. The average molecular weight is 794 g/mol. The SMILES string of the molecule is COc1ccnc(-n2c3[c-]c(Oc4[c-]c(-n5cc(-c6c(CF)c(C)cc(C)c6CF)cn5)ccc4)ccc3c3ccccc32)c1.[Pt+2]. The molecule has 0 amide bonds. The van der Waals surface area contributed by atoms with Gasteiger partial charge < -0.3 is 14.0 Å². The van der Waals surface area contributed by atoms with E-state index in [1.165, 1.54) is 0 Å². The predicted octanol–water partition coefficient (Wildman–Crippen LogP) is 8.99. The van der Waals surface area contributed by atoms with Gasteiger partial charge in [-0.3, -0.25) is 4.68 Å². The normalized spacial score (nSPS) is 11.2. The fraction of sp³-hybridized carbons (Fsp3) is 0.135. The molecule has 0 fully saturated rings. The van der Waals surface area contributed by atoms with E-state index in [0.29, 0.717) is 51.0 Å². The van der Waals surface area contributed by atoms with Crippen molar-refractivity contribution >= 4 is 21.8 Å². The third kappa shape index (κ3) is 5.47. The molecule has 3 heterocycles. The smallest absolute Gasteiger partial charge is 0.509 e. The summed E-state index contributed by atoms with van der Waals surface area (Å²) < 4.78 is 43.6. The van der Waals surface area contributed by atoms with Crippen LogP contribution in [0.5, 0.6) is 17.2 Å². The summed E-state index contributed by atoms with van der Waals surface area (Å²) in [6, 6.07) is 29.7. The number of hydrogen-bond donors (Lipinski definition) is 0. The van der Waals surface area contributed by atoms with Gasteiger partial charge in [0.25, 0.3) is 0 Å². The Morgan fingerprint density at radius 2 is 1.59 bits per heavy atom. The first-order chi connectivity index (χ1) is 22.0. The number of benzene rings is 4. The maximum atomic E-state index is 14.1. The molecule has 3 aromatic heterocycles. The van der Waals surface area contributed by atoms with Gasteiger partial charge in [0.15, 0.2) is 0 Å².